The summed E-state index contributed by atoms with van der Waals surface area (Å²) in [5.74, 6) is 1.87. The number of nitrogens with zero attached hydrogens (tertiary/aromatic N) is 1. The second-order valence-corrected chi connectivity index (χ2v) is 7.84. The van der Waals surface area contributed by atoms with E-state index in [-0.39, 0.29) is 42.5 Å². The molecule has 0 bridgehead atoms. The standard InChI is InChI=1S/C23H36N4O5.HI/c1-2-9-24-22(28)16-26-23(25-10-4-11-29-17-19-6-3-12-30-19)27-18-7-8-20-21(15-18)32-14-5-13-31-20;/h7-8,15,19H,2-6,9-14,16-17H2,1H3,(H,24,28)(H2,25,26,27);1H. The number of hydrogen-bond donors (Lipinski definition) is 3. The van der Waals surface area contributed by atoms with Gasteiger partial charge in [-0.3, -0.25) is 4.79 Å². The van der Waals surface area contributed by atoms with Crippen molar-refractivity contribution in [3.63, 3.8) is 0 Å². The molecule has 3 N–H and O–H groups in total. The van der Waals surface area contributed by atoms with Gasteiger partial charge in [0, 0.05) is 44.5 Å². The van der Waals surface area contributed by atoms with Gasteiger partial charge < -0.3 is 34.9 Å². The molecule has 0 saturated carbocycles. The molecule has 2 heterocycles. The van der Waals surface area contributed by atoms with E-state index in [9.17, 15) is 4.79 Å². The lowest BCUT2D eigenvalue weighted by Gasteiger charge is -2.15. The molecule has 1 aromatic rings. The van der Waals surface area contributed by atoms with Crippen LogP contribution in [0.5, 0.6) is 11.5 Å². The Morgan fingerprint density at radius 3 is 2.76 bits per heavy atom. The second-order valence-electron chi connectivity index (χ2n) is 7.84. The minimum atomic E-state index is -0.105. The van der Waals surface area contributed by atoms with Crippen molar-refractivity contribution in [2.45, 2.75) is 45.1 Å². The molecule has 9 nitrogen and oxygen atoms in total. The Hall–Kier alpha value is -1.79. The Bertz CT molecular complexity index is 744. The van der Waals surface area contributed by atoms with Crippen LogP contribution in [0.1, 0.15) is 39.0 Å². The molecular weight excluding hydrogens is 539 g/mol. The van der Waals surface area contributed by atoms with E-state index >= 15 is 0 Å². The average molecular weight is 576 g/mol. The zero-order valence-corrected chi connectivity index (χ0v) is 21.7. The first kappa shape index (κ1) is 27.5. The zero-order valence-electron chi connectivity index (χ0n) is 19.4. The van der Waals surface area contributed by atoms with Crippen LogP contribution in [0.4, 0.5) is 5.69 Å². The number of hydrogen-bond acceptors (Lipinski definition) is 6. The molecule has 3 rings (SSSR count). The summed E-state index contributed by atoms with van der Waals surface area (Å²) in [4.78, 5) is 16.4. The molecule has 1 saturated heterocycles. The van der Waals surface area contributed by atoms with Gasteiger partial charge in [0.25, 0.3) is 0 Å². The Kier molecular flexibility index (Phi) is 13.3. The number of halogens is 1. The molecule has 0 radical (unpaired) electrons. The van der Waals surface area contributed by atoms with E-state index in [4.69, 9.17) is 18.9 Å². The Labute approximate surface area is 213 Å². The van der Waals surface area contributed by atoms with Gasteiger partial charge in [-0.05, 0) is 37.8 Å². The molecule has 1 unspecified atom stereocenters. The predicted octanol–water partition coefficient (Wildman–Crippen LogP) is 2.94. The molecule has 1 atom stereocenters. The Morgan fingerprint density at radius 2 is 1.97 bits per heavy atom. The normalized spacial score (nSPS) is 17.6. The summed E-state index contributed by atoms with van der Waals surface area (Å²) in [6, 6.07) is 5.68. The van der Waals surface area contributed by atoms with Crippen LogP contribution in [0, 0.1) is 0 Å². The van der Waals surface area contributed by atoms with Gasteiger partial charge in [0.15, 0.2) is 17.5 Å². The van der Waals surface area contributed by atoms with Crippen LogP contribution in [-0.2, 0) is 14.3 Å². The highest BCUT2D eigenvalue weighted by molar-refractivity contribution is 14.0. The van der Waals surface area contributed by atoms with Gasteiger partial charge in [0.05, 0.1) is 25.9 Å². The topological polar surface area (TPSA) is 102 Å². The van der Waals surface area contributed by atoms with Gasteiger partial charge in [0.2, 0.25) is 5.91 Å². The number of rotatable bonds is 11. The predicted molar refractivity (Wildman–Crippen MR) is 139 cm³/mol. The molecule has 2 aliphatic rings. The summed E-state index contributed by atoms with van der Waals surface area (Å²) in [6.45, 7) is 6.78. The number of amides is 1. The number of ether oxygens (including phenoxy) is 4. The fraction of sp³-hybridized carbons (Fsp3) is 0.652. The maximum absolute atomic E-state index is 12.0. The Balaban J connectivity index is 0.00000385. The molecule has 0 spiro atoms. The van der Waals surface area contributed by atoms with Crippen molar-refractivity contribution >= 4 is 41.5 Å². The second kappa shape index (κ2) is 15.9. The number of carbonyl (C=O) groups is 1. The molecule has 10 heteroatoms. The van der Waals surface area contributed by atoms with E-state index in [2.05, 4.69) is 20.9 Å². The van der Waals surface area contributed by atoms with E-state index in [0.29, 0.717) is 51.2 Å². The van der Waals surface area contributed by atoms with Gasteiger partial charge in [-0.25, -0.2) is 4.99 Å². The largest absolute Gasteiger partial charge is 0.490 e. The lowest BCUT2D eigenvalue weighted by Crippen LogP contribution is -2.34. The fourth-order valence-electron chi connectivity index (χ4n) is 3.36. The van der Waals surface area contributed by atoms with Crippen molar-refractivity contribution < 1.29 is 23.7 Å². The quantitative estimate of drug-likeness (QED) is 0.161. The van der Waals surface area contributed by atoms with Crippen molar-refractivity contribution in [1.29, 1.82) is 0 Å². The molecule has 33 heavy (non-hydrogen) atoms. The first-order chi connectivity index (χ1) is 15.7. The minimum absolute atomic E-state index is 0. The van der Waals surface area contributed by atoms with Crippen molar-refractivity contribution in [1.82, 2.24) is 10.6 Å². The van der Waals surface area contributed by atoms with Crippen LogP contribution in [-0.4, -0.2) is 70.6 Å². The first-order valence-corrected chi connectivity index (χ1v) is 11.7. The van der Waals surface area contributed by atoms with Gasteiger partial charge >= 0.3 is 0 Å². The van der Waals surface area contributed by atoms with Crippen LogP contribution >= 0.6 is 24.0 Å². The number of nitrogens with one attached hydrogen (secondary N) is 3. The molecule has 0 aromatic heterocycles. The third-order valence-corrected chi connectivity index (χ3v) is 5.05. The lowest BCUT2D eigenvalue weighted by molar-refractivity contribution is -0.119. The SMILES string of the molecule is CCCNC(=O)CN=C(NCCCOCC1CCCO1)Nc1ccc2c(c1)OCCCO2.I. The number of benzene rings is 1. The number of fused-ring (bicyclic) bond motifs is 1. The van der Waals surface area contributed by atoms with Crippen LogP contribution in [0.15, 0.2) is 23.2 Å². The maximum atomic E-state index is 12.0. The van der Waals surface area contributed by atoms with E-state index in [1.54, 1.807) is 0 Å². The maximum Gasteiger partial charge on any atom is 0.241 e. The van der Waals surface area contributed by atoms with Crippen molar-refractivity contribution in [3.8, 4) is 11.5 Å². The van der Waals surface area contributed by atoms with Crippen molar-refractivity contribution in [2.24, 2.45) is 4.99 Å². The van der Waals surface area contributed by atoms with E-state index in [1.807, 2.05) is 25.1 Å². The molecule has 1 fully saturated rings. The molecular formula is C23H37IN4O5. The highest BCUT2D eigenvalue weighted by Crippen LogP contribution is 2.32. The minimum Gasteiger partial charge on any atom is -0.490 e. The molecule has 1 amide bonds. The molecule has 1 aromatic carbocycles. The summed E-state index contributed by atoms with van der Waals surface area (Å²) in [7, 11) is 0. The number of carbonyl (C=O) groups excluding carboxylic acids is 1. The zero-order chi connectivity index (χ0) is 22.4. The summed E-state index contributed by atoms with van der Waals surface area (Å²) in [5, 5.41) is 9.38. The van der Waals surface area contributed by atoms with E-state index in [1.165, 1.54) is 0 Å². The van der Waals surface area contributed by atoms with Gasteiger partial charge in [-0.15, -0.1) is 24.0 Å². The smallest absolute Gasteiger partial charge is 0.241 e. The summed E-state index contributed by atoms with van der Waals surface area (Å²) in [6.07, 6.45) is 5.00. The third-order valence-electron chi connectivity index (χ3n) is 5.05. The number of guanidine groups is 1. The van der Waals surface area contributed by atoms with Crippen LogP contribution in [0.3, 0.4) is 0 Å². The molecule has 0 aliphatic carbocycles. The first-order valence-electron chi connectivity index (χ1n) is 11.7. The van der Waals surface area contributed by atoms with E-state index in [0.717, 1.165) is 50.1 Å². The average Bonchev–Trinajstić information content (AvgIpc) is 3.21. The highest BCUT2D eigenvalue weighted by Gasteiger charge is 2.15. The van der Waals surface area contributed by atoms with Crippen molar-refractivity contribution in [3.05, 3.63) is 18.2 Å². The third kappa shape index (κ3) is 10.3. The summed E-state index contributed by atoms with van der Waals surface area (Å²) in [5.41, 5.74) is 0.809. The van der Waals surface area contributed by atoms with E-state index < -0.39 is 0 Å². The van der Waals surface area contributed by atoms with Crippen LogP contribution in [0.25, 0.3) is 0 Å². The fourth-order valence-corrected chi connectivity index (χ4v) is 3.36. The monoisotopic (exact) mass is 576 g/mol. The summed E-state index contributed by atoms with van der Waals surface area (Å²) < 4.78 is 22.7. The van der Waals surface area contributed by atoms with Gasteiger partial charge in [-0.1, -0.05) is 6.92 Å². The highest BCUT2D eigenvalue weighted by atomic mass is 127. The molecule has 186 valence electrons. The van der Waals surface area contributed by atoms with Gasteiger partial charge in [0.1, 0.15) is 6.54 Å². The molecule has 2 aliphatic heterocycles. The number of anilines is 1. The Morgan fingerprint density at radius 1 is 1.12 bits per heavy atom. The summed E-state index contributed by atoms with van der Waals surface area (Å²) >= 11 is 0. The van der Waals surface area contributed by atoms with Crippen LogP contribution in [0.2, 0.25) is 0 Å². The lowest BCUT2D eigenvalue weighted by atomic mass is 10.2. The number of aliphatic imine (C=N–C) groups is 1. The van der Waals surface area contributed by atoms with Crippen LogP contribution < -0.4 is 25.4 Å². The van der Waals surface area contributed by atoms with Crippen molar-refractivity contribution in [2.75, 3.05) is 58.0 Å². The van der Waals surface area contributed by atoms with Gasteiger partial charge in [-0.2, -0.15) is 0 Å².